The number of carbonyl (C=O) groups excluding carboxylic acids is 2. The molecule has 1 heterocycles. The van der Waals surface area contributed by atoms with Crippen LogP contribution in [0, 0.1) is 6.92 Å². The fourth-order valence-corrected chi connectivity index (χ4v) is 4.09. The second kappa shape index (κ2) is 10.5. The minimum absolute atomic E-state index is 0.0417. The number of ether oxygens (including phenoxy) is 5. The number of aliphatic hydroxyl groups is 1. The molecule has 0 spiro atoms. The fraction of sp³-hybridized carbons (Fsp3) is 0.360. The Bertz CT molecular complexity index is 1100. The average molecular weight is 472 g/mol. The standard InChI is InChI=1S/C25H29NO8/c1-14-11-15(7-8-17(14)31-3)22(27)20-21(26(9-10-30-2)25(29)23(20)28)16-12-18(32-4)24(34-6)19(13-16)33-5/h7-8,11-13,21,27H,9-10H2,1-6H3/t21-/m1/s1. The molecule has 182 valence electrons. The molecule has 34 heavy (non-hydrogen) atoms. The Morgan fingerprint density at radius 3 is 2.03 bits per heavy atom. The van der Waals surface area contributed by atoms with Crippen molar-refractivity contribution >= 4 is 17.4 Å². The zero-order chi connectivity index (χ0) is 25.0. The van der Waals surface area contributed by atoms with Crippen LogP contribution >= 0.6 is 0 Å². The van der Waals surface area contributed by atoms with E-state index in [1.54, 1.807) is 37.4 Å². The molecule has 1 fully saturated rings. The molecule has 1 aliphatic rings. The second-order valence-corrected chi connectivity index (χ2v) is 7.63. The third-order valence-electron chi connectivity index (χ3n) is 5.75. The van der Waals surface area contributed by atoms with Gasteiger partial charge in [-0.15, -0.1) is 0 Å². The number of likely N-dealkylation sites (tertiary alicyclic amines) is 1. The van der Waals surface area contributed by atoms with E-state index >= 15 is 0 Å². The maximum atomic E-state index is 13.2. The predicted molar refractivity (Wildman–Crippen MR) is 125 cm³/mol. The highest BCUT2D eigenvalue weighted by atomic mass is 16.5. The Hall–Kier alpha value is -3.72. The van der Waals surface area contributed by atoms with Crippen LogP contribution in [0.5, 0.6) is 23.0 Å². The molecule has 0 aromatic heterocycles. The SMILES string of the molecule is COCCN1C(=O)C(=O)C(=C(O)c2ccc(OC)c(C)c2)[C@H]1c1cc(OC)c(OC)c(OC)c1. The smallest absolute Gasteiger partial charge is 0.295 e. The van der Waals surface area contributed by atoms with E-state index in [0.717, 1.165) is 5.56 Å². The first-order valence-electron chi connectivity index (χ1n) is 10.5. The molecule has 9 heteroatoms. The molecule has 0 unspecified atom stereocenters. The fourth-order valence-electron chi connectivity index (χ4n) is 4.09. The Kier molecular flexibility index (Phi) is 7.68. The van der Waals surface area contributed by atoms with Crippen molar-refractivity contribution in [3.8, 4) is 23.0 Å². The van der Waals surface area contributed by atoms with Crippen LogP contribution < -0.4 is 18.9 Å². The monoisotopic (exact) mass is 471 g/mol. The van der Waals surface area contributed by atoms with Gasteiger partial charge in [0.25, 0.3) is 11.7 Å². The summed E-state index contributed by atoms with van der Waals surface area (Å²) in [6.07, 6.45) is 0. The quantitative estimate of drug-likeness (QED) is 0.338. The first-order valence-corrected chi connectivity index (χ1v) is 10.5. The number of hydrogen-bond donors (Lipinski definition) is 1. The molecule has 0 radical (unpaired) electrons. The number of methoxy groups -OCH3 is 5. The number of amides is 1. The van der Waals surface area contributed by atoms with Gasteiger partial charge in [-0.3, -0.25) is 9.59 Å². The van der Waals surface area contributed by atoms with Gasteiger partial charge >= 0.3 is 0 Å². The van der Waals surface area contributed by atoms with Crippen LogP contribution in [-0.2, 0) is 14.3 Å². The number of carbonyl (C=O) groups is 2. The van der Waals surface area contributed by atoms with Crippen molar-refractivity contribution in [3.05, 3.63) is 52.6 Å². The van der Waals surface area contributed by atoms with Gasteiger partial charge in [-0.2, -0.15) is 0 Å². The van der Waals surface area contributed by atoms with E-state index in [1.165, 1.54) is 33.3 Å². The van der Waals surface area contributed by atoms with E-state index in [4.69, 9.17) is 23.7 Å². The number of hydrogen-bond acceptors (Lipinski definition) is 8. The van der Waals surface area contributed by atoms with Gasteiger partial charge in [0.05, 0.1) is 46.7 Å². The number of aryl methyl sites for hydroxylation is 1. The Morgan fingerprint density at radius 1 is 0.912 bits per heavy atom. The number of aliphatic hydroxyl groups excluding tert-OH is 1. The molecule has 1 atom stereocenters. The molecule has 1 aliphatic heterocycles. The third kappa shape index (κ3) is 4.38. The summed E-state index contributed by atoms with van der Waals surface area (Å²) in [4.78, 5) is 27.5. The highest BCUT2D eigenvalue weighted by Crippen LogP contribution is 2.45. The predicted octanol–water partition coefficient (Wildman–Crippen LogP) is 3.10. The van der Waals surface area contributed by atoms with E-state index in [0.29, 0.717) is 34.1 Å². The number of Topliss-reactive ketones (excluding diaryl/α,β-unsaturated/α-hetero) is 1. The van der Waals surface area contributed by atoms with Crippen LogP contribution in [0.15, 0.2) is 35.9 Å². The molecule has 0 bridgehead atoms. The lowest BCUT2D eigenvalue weighted by molar-refractivity contribution is -0.140. The van der Waals surface area contributed by atoms with Crippen molar-refractivity contribution in [2.45, 2.75) is 13.0 Å². The Balaban J connectivity index is 2.26. The maximum Gasteiger partial charge on any atom is 0.295 e. The zero-order valence-electron chi connectivity index (χ0n) is 20.1. The zero-order valence-corrected chi connectivity index (χ0v) is 20.1. The first kappa shape index (κ1) is 24.9. The van der Waals surface area contributed by atoms with Crippen LogP contribution in [0.4, 0.5) is 0 Å². The minimum Gasteiger partial charge on any atom is -0.507 e. The van der Waals surface area contributed by atoms with Gasteiger partial charge < -0.3 is 33.7 Å². The van der Waals surface area contributed by atoms with Gasteiger partial charge in [0.1, 0.15) is 11.5 Å². The highest BCUT2D eigenvalue weighted by molar-refractivity contribution is 6.46. The van der Waals surface area contributed by atoms with Crippen LogP contribution in [0.3, 0.4) is 0 Å². The lowest BCUT2D eigenvalue weighted by atomic mass is 9.94. The van der Waals surface area contributed by atoms with Crippen molar-refractivity contribution in [3.63, 3.8) is 0 Å². The van der Waals surface area contributed by atoms with Gasteiger partial charge in [0.2, 0.25) is 5.75 Å². The summed E-state index contributed by atoms with van der Waals surface area (Å²) < 4.78 is 26.8. The summed E-state index contributed by atoms with van der Waals surface area (Å²) in [5.74, 6) is -0.0956. The lowest BCUT2D eigenvalue weighted by Gasteiger charge is -2.26. The maximum absolute atomic E-state index is 13.2. The van der Waals surface area contributed by atoms with Crippen molar-refractivity contribution in [1.29, 1.82) is 0 Å². The molecule has 9 nitrogen and oxygen atoms in total. The Morgan fingerprint density at radius 2 is 1.53 bits per heavy atom. The topological polar surface area (TPSA) is 104 Å². The third-order valence-corrected chi connectivity index (χ3v) is 5.75. The lowest BCUT2D eigenvalue weighted by Crippen LogP contribution is -2.32. The summed E-state index contributed by atoms with van der Waals surface area (Å²) in [6.45, 7) is 2.17. The molecule has 2 aromatic carbocycles. The average Bonchev–Trinajstić information content (AvgIpc) is 3.10. The van der Waals surface area contributed by atoms with Crippen LogP contribution in [0.1, 0.15) is 22.7 Å². The number of benzene rings is 2. The molecule has 1 amide bonds. The van der Waals surface area contributed by atoms with Crippen LogP contribution in [-0.4, -0.2) is 70.4 Å². The molecule has 1 saturated heterocycles. The van der Waals surface area contributed by atoms with Gasteiger partial charge in [0, 0.05) is 19.2 Å². The first-order chi connectivity index (χ1) is 16.3. The van der Waals surface area contributed by atoms with Gasteiger partial charge in [-0.05, 0) is 48.4 Å². The van der Waals surface area contributed by atoms with Crippen molar-refractivity contribution < 1.29 is 38.4 Å². The summed E-state index contributed by atoms with van der Waals surface area (Å²) in [6, 6.07) is 7.44. The van der Waals surface area contributed by atoms with E-state index in [-0.39, 0.29) is 24.5 Å². The van der Waals surface area contributed by atoms with Crippen molar-refractivity contribution in [2.75, 3.05) is 48.7 Å². The Labute approximate surface area is 198 Å². The second-order valence-electron chi connectivity index (χ2n) is 7.63. The van der Waals surface area contributed by atoms with Gasteiger partial charge in [0.15, 0.2) is 11.5 Å². The number of nitrogens with zero attached hydrogens (tertiary/aromatic N) is 1. The van der Waals surface area contributed by atoms with Gasteiger partial charge in [-0.25, -0.2) is 0 Å². The highest BCUT2D eigenvalue weighted by Gasteiger charge is 2.46. The van der Waals surface area contributed by atoms with Crippen molar-refractivity contribution in [2.24, 2.45) is 0 Å². The van der Waals surface area contributed by atoms with Crippen LogP contribution in [0.25, 0.3) is 5.76 Å². The molecule has 2 aromatic rings. The summed E-state index contributed by atoms with van der Waals surface area (Å²) in [7, 11) is 7.49. The van der Waals surface area contributed by atoms with E-state index in [1.807, 2.05) is 6.92 Å². The number of rotatable bonds is 9. The summed E-state index contributed by atoms with van der Waals surface area (Å²) in [5.41, 5.74) is 1.63. The number of ketones is 1. The van der Waals surface area contributed by atoms with E-state index < -0.39 is 17.7 Å². The van der Waals surface area contributed by atoms with Crippen LogP contribution in [0.2, 0.25) is 0 Å². The summed E-state index contributed by atoms with van der Waals surface area (Å²) >= 11 is 0. The van der Waals surface area contributed by atoms with Gasteiger partial charge in [-0.1, -0.05) is 0 Å². The molecule has 0 saturated carbocycles. The van der Waals surface area contributed by atoms with E-state index in [2.05, 4.69) is 0 Å². The molecule has 1 N–H and O–H groups in total. The molecular weight excluding hydrogens is 442 g/mol. The minimum atomic E-state index is -0.897. The molecular formula is C25H29NO8. The molecule has 3 rings (SSSR count). The molecule has 0 aliphatic carbocycles. The van der Waals surface area contributed by atoms with Crippen molar-refractivity contribution in [1.82, 2.24) is 4.90 Å². The van der Waals surface area contributed by atoms with E-state index in [9.17, 15) is 14.7 Å². The summed E-state index contributed by atoms with van der Waals surface area (Å²) in [5, 5.41) is 11.2. The normalized spacial score (nSPS) is 17.1. The largest absolute Gasteiger partial charge is 0.507 e.